The second-order valence-electron chi connectivity index (χ2n) is 6.12. The normalized spacial score (nSPS) is 14.1. The molecule has 114 valence electrons. The fourth-order valence-corrected chi connectivity index (χ4v) is 2.05. The Labute approximate surface area is 123 Å². The molecule has 5 heteroatoms. The Bertz CT molecular complexity index is 533. The highest BCUT2D eigenvalue weighted by Gasteiger charge is 2.30. The molecule has 1 aromatic carbocycles. The zero-order valence-corrected chi connectivity index (χ0v) is 14.1. The molecule has 20 heavy (non-hydrogen) atoms. The largest absolute Gasteiger partial charge is 0.378 e. The first kappa shape index (κ1) is 17.0. The number of hydrogen-bond acceptors (Lipinski definition) is 4. The number of anilines is 1. The third-order valence-corrected chi connectivity index (χ3v) is 5.90. The standard InChI is InChI=1S/C15H26N2O2S/c1-12(16-11-15(2,3)20(6,18)19)13-7-9-14(10-8-13)17(4)5/h7-10,12,16H,11H2,1-6H3. The van der Waals surface area contributed by atoms with Gasteiger partial charge in [-0.2, -0.15) is 0 Å². The van der Waals surface area contributed by atoms with Gasteiger partial charge in [0.2, 0.25) is 0 Å². The minimum absolute atomic E-state index is 0.118. The third-order valence-electron chi connectivity index (χ3n) is 3.75. The summed E-state index contributed by atoms with van der Waals surface area (Å²) in [7, 11) is 0.943. The van der Waals surface area contributed by atoms with E-state index in [0.717, 1.165) is 11.3 Å². The molecule has 0 aliphatic heterocycles. The Balaban J connectivity index is 2.70. The van der Waals surface area contributed by atoms with Gasteiger partial charge in [-0.15, -0.1) is 0 Å². The zero-order chi connectivity index (χ0) is 15.6. The smallest absolute Gasteiger partial charge is 0.153 e. The van der Waals surface area contributed by atoms with Crippen LogP contribution in [0.15, 0.2) is 24.3 Å². The van der Waals surface area contributed by atoms with Crippen LogP contribution in [0.25, 0.3) is 0 Å². The number of nitrogens with one attached hydrogen (secondary N) is 1. The molecular weight excluding hydrogens is 272 g/mol. The van der Waals surface area contributed by atoms with Gasteiger partial charge in [-0.05, 0) is 38.5 Å². The lowest BCUT2D eigenvalue weighted by molar-refractivity contribution is 0.489. The summed E-state index contributed by atoms with van der Waals surface area (Å²) in [5.41, 5.74) is 2.30. The van der Waals surface area contributed by atoms with Crippen molar-refractivity contribution in [3.05, 3.63) is 29.8 Å². The first-order valence-corrected chi connectivity index (χ1v) is 8.64. The minimum atomic E-state index is -3.07. The van der Waals surface area contributed by atoms with Crippen molar-refractivity contribution < 1.29 is 8.42 Å². The molecule has 0 aliphatic rings. The lowest BCUT2D eigenvalue weighted by Gasteiger charge is -2.25. The second kappa shape index (κ2) is 6.14. The molecule has 4 nitrogen and oxygen atoms in total. The molecule has 1 unspecified atom stereocenters. The highest BCUT2D eigenvalue weighted by atomic mass is 32.2. The average molecular weight is 298 g/mol. The van der Waals surface area contributed by atoms with Gasteiger partial charge >= 0.3 is 0 Å². The Kier molecular flexibility index (Phi) is 5.21. The van der Waals surface area contributed by atoms with Crippen molar-refractivity contribution in [1.82, 2.24) is 5.32 Å². The van der Waals surface area contributed by atoms with Gasteiger partial charge < -0.3 is 10.2 Å². The molecule has 0 saturated carbocycles. The van der Waals surface area contributed by atoms with Crippen molar-refractivity contribution >= 4 is 15.5 Å². The van der Waals surface area contributed by atoms with E-state index >= 15 is 0 Å². The van der Waals surface area contributed by atoms with Crippen LogP contribution in [0.4, 0.5) is 5.69 Å². The van der Waals surface area contributed by atoms with Gasteiger partial charge in [-0.1, -0.05) is 12.1 Å². The molecule has 0 heterocycles. The molecular formula is C15H26N2O2S. The molecule has 1 N–H and O–H groups in total. The van der Waals surface area contributed by atoms with Gasteiger partial charge in [0.25, 0.3) is 0 Å². The van der Waals surface area contributed by atoms with Gasteiger partial charge in [0.15, 0.2) is 9.84 Å². The van der Waals surface area contributed by atoms with E-state index in [0.29, 0.717) is 6.54 Å². The molecule has 1 rings (SSSR count). The van der Waals surface area contributed by atoms with E-state index in [4.69, 9.17) is 0 Å². The first-order chi connectivity index (χ1) is 9.04. The van der Waals surface area contributed by atoms with E-state index in [1.54, 1.807) is 13.8 Å². The lowest BCUT2D eigenvalue weighted by Crippen LogP contribution is -2.42. The maximum atomic E-state index is 11.7. The van der Waals surface area contributed by atoms with Gasteiger partial charge in [-0.3, -0.25) is 0 Å². The predicted octanol–water partition coefficient (Wildman–Crippen LogP) is 2.23. The van der Waals surface area contributed by atoms with Crippen LogP contribution >= 0.6 is 0 Å². The molecule has 0 amide bonds. The molecule has 0 bridgehead atoms. The Morgan fingerprint density at radius 2 is 1.70 bits per heavy atom. The summed E-state index contributed by atoms with van der Waals surface area (Å²) >= 11 is 0. The zero-order valence-electron chi connectivity index (χ0n) is 13.3. The van der Waals surface area contributed by atoms with Crippen LogP contribution in [-0.4, -0.2) is 40.1 Å². The van der Waals surface area contributed by atoms with Crippen LogP contribution in [0.3, 0.4) is 0 Å². The Morgan fingerprint density at radius 3 is 2.10 bits per heavy atom. The molecule has 0 radical (unpaired) electrons. The van der Waals surface area contributed by atoms with Crippen LogP contribution in [-0.2, 0) is 9.84 Å². The van der Waals surface area contributed by atoms with E-state index in [1.165, 1.54) is 6.26 Å². The van der Waals surface area contributed by atoms with Gasteiger partial charge in [0, 0.05) is 38.6 Å². The number of nitrogens with zero attached hydrogens (tertiary/aromatic N) is 1. The molecule has 0 saturated heterocycles. The minimum Gasteiger partial charge on any atom is -0.378 e. The van der Waals surface area contributed by atoms with E-state index in [-0.39, 0.29) is 6.04 Å². The van der Waals surface area contributed by atoms with Crippen molar-refractivity contribution in [2.45, 2.75) is 31.6 Å². The van der Waals surface area contributed by atoms with Crippen molar-refractivity contribution in [3.63, 3.8) is 0 Å². The van der Waals surface area contributed by atoms with Crippen LogP contribution in [0.2, 0.25) is 0 Å². The Hall–Kier alpha value is -1.07. The summed E-state index contributed by atoms with van der Waals surface area (Å²) in [6, 6.07) is 8.39. The second-order valence-corrected chi connectivity index (χ2v) is 8.77. The quantitative estimate of drug-likeness (QED) is 0.875. The van der Waals surface area contributed by atoms with Crippen molar-refractivity contribution in [2.75, 3.05) is 31.8 Å². The third kappa shape index (κ3) is 4.21. The molecule has 0 aliphatic carbocycles. The molecule has 0 aromatic heterocycles. The monoisotopic (exact) mass is 298 g/mol. The van der Waals surface area contributed by atoms with Gasteiger partial charge in [0.1, 0.15) is 0 Å². The van der Waals surface area contributed by atoms with E-state index in [9.17, 15) is 8.42 Å². The van der Waals surface area contributed by atoms with E-state index in [1.807, 2.05) is 21.0 Å². The fraction of sp³-hybridized carbons (Fsp3) is 0.600. The number of hydrogen-bond donors (Lipinski definition) is 1. The Morgan fingerprint density at radius 1 is 1.20 bits per heavy atom. The summed E-state index contributed by atoms with van der Waals surface area (Å²) in [4.78, 5) is 2.05. The van der Waals surface area contributed by atoms with E-state index < -0.39 is 14.6 Å². The summed E-state index contributed by atoms with van der Waals surface area (Å²) < 4.78 is 22.6. The molecule has 0 fully saturated rings. The first-order valence-electron chi connectivity index (χ1n) is 6.75. The van der Waals surface area contributed by atoms with Gasteiger partial charge in [-0.25, -0.2) is 8.42 Å². The van der Waals surface area contributed by atoms with Crippen LogP contribution in [0.5, 0.6) is 0 Å². The number of rotatable bonds is 6. The summed E-state index contributed by atoms with van der Waals surface area (Å²) in [6.07, 6.45) is 1.28. The lowest BCUT2D eigenvalue weighted by atomic mass is 10.1. The highest BCUT2D eigenvalue weighted by Crippen LogP contribution is 2.20. The topological polar surface area (TPSA) is 49.4 Å². The van der Waals surface area contributed by atoms with Crippen molar-refractivity contribution in [2.24, 2.45) is 0 Å². The van der Waals surface area contributed by atoms with E-state index in [2.05, 4.69) is 34.5 Å². The van der Waals surface area contributed by atoms with Crippen molar-refractivity contribution in [1.29, 1.82) is 0 Å². The van der Waals surface area contributed by atoms with Gasteiger partial charge in [0.05, 0.1) is 4.75 Å². The fourth-order valence-electron chi connectivity index (χ4n) is 1.71. The molecule has 1 atom stereocenters. The number of benzene rings is 1. The van der Waals surface area contributed by atoms with Crippen molar-refractivity contribution in [3.8, 4) is 0 Å². The maximum absolute atomic E-state index is 11.7. The SMILES string of the molecule is CC(NCC(C)(C)S(C)(=O)=O)c1ccc(N(C)C)cc1. The van der Waals surface area contributed by atoms with Crippen LogP contribution < -0.4 is 10.2 Å². The summed E-state index contributed by atoms with van der Waals surface area (Å²) in [5.74, 6) is 0. The van der Waals surface area contributed by atoms with Crippen LogP contribution in [0, 0.1) is 0 Å². The number of sulfone groups is 1. The van der Waals surface area contributed by atoms with Crippen LogP contribution in [0.1, 0.15) is 32.4 Å². The summed E-state index contributed by atoms with van der Waals surface area (Å²) in [5, 5.41) is 3.30. The maximum Gasteiger partial charge on any atom is 0.153 e. The average Bonchev–Trinajstić information content (AvgIpc) is 2.34. The predicted molar refractivity (Wildman–Crippen MR) is 86.1 cm³/mol. The summed E-state index contributed by atoms with van der Waals surface area (Å²) in [6.45, 7) is 5.97. The molecule has 1 aromatic rings. The molecule has 0 spiro atoms. The highest BCUT2D eigenvalue weighted by molar-refractivity contribution is 7.92.